The Hall–Kier alpha value is 0.700. The van der Waals surface area contributed by atoms with Crippen molar-refractivity contribution in [2.75, 3.05) is 6.61 Å². The van der Waals surface area contributed by atoms with Crippen molar-refractivity contribution in [1.82, 2.24) is 0 Å². The fraction of sp³-hybridized carbons (Fsp3) is 0.750. The van der Waals surface area contributed by atoms with Gasteiger partial charge < -0.3 is 24.8 Å². The van der Waals surface area contributed by atoms with Crippen LogP contribution in [0.4, 0.5) is 0 Å². The molecule has 0 saturated heterocycles. The van der Waals surface area contributed by atoms with Crippen molar-refractivity contribution < 1.29 is 33.9 Å². The number of carbonyl (C=O) groups excluding carboxylic acids is 1. The van der Waals surface area contributed by atoms with Gasteiger partial charge in [-0.3, -0.25) is 4.52 Å². The van der Waals surface area contributed by atoms with E-state index in [1.807, 2.05) is 0 Å². The molecule has 73 valence electrons. The number of aliphatic hydroxyl groups excluding tert-OH is 2. The summed E-state index contributed by atoms with van der Waals surface area (Å²) in [5.74, 6) is 0. The Morgan fingerprint density at radius 2 is 1.85 bits per heavy atom. The summed E-state index contributed by atoms with van der Waals surface area (Å²) in [4.78, 5) is 26.1. The minimum absolute atomic E-state index is 0. The summed E-state index contributed by atoms with van der Waals surface area (Å²) < 4.78 is 13.8. The molecule has 0 aromatic heterocycles. The van der Waals surface area contributed by atoms with E-state index in [0.29, 0.717) is 0 Å². The van der Waals surface area contributed by atoms with Gasteiger partial charge in [-0.15, -0.1) is 0 Å². The molecular weight excluding hydrogens is 214 g/mol. The van der Waals surface area contributed by atoms with E-state index in [1.54, 1.807) is 0 Å². The van der Waals surface area contributed by atoms with Gasteiger partial charge in [0.15, 0.2) is 6.29 Å². The first-order valence-corrected chi connectivity index (χ1v) is 4.41. The van der Waals surface area contributed by atoms with E-state index in [2.05, 4.69) is 4.52 Å². The smallest absolute Gasteiger partial charge is 0.388 e. The average Bonchev–Trinajstić information content (AvgIpc) is 1.97. The molecule has 0 rings (SSSR count). The van der Waals surface area contributed by atoms with Crippen LogP contribution in [-0.2, 0) is 13.9 Å². The van der Waals surface area contributed by atoms with Crippen LogP contribution >= 0.6 is 7.82 Å². The molecule has 1 radical (unpaired) electrons. The van der Waals surface area contributed by atoms with Crippen LogP contribution in [0.1, 0.15) is 0 Å². The zero-order valence-electron chi connectivity index (χ0n) is 6.90. The molecule has 0 aromatic rings. The van der Waals surface area contributed by atoms with Crippen molar-refractivity contribution in [2.24, 2.45) is 0 Å². The Bertz CT molecular complexity index is 191. The minimum atomic E-state index is -4.66. The first-order chi connectivity index (χ1) is 5.37. The van der Waals surface area contributed by atoms with Gasteiger partial charge in [0.2, 0.25) is 0 Å². The predicted octanol–water partition coefficient (Wildman–Crippen LogP) is -2.36. The number of carbonyl (C=O) groups is 1. The number of phosphoric ester groups is 1. The summed E-state index contributed by atoms with van der Waals surface area (Å²) in [6.45, 7) is -0.801. The van der Waals surface area contributed by atoms with Gasteiger partial charge in [0.05, 0.1) is 6.61 Å². The summed E-state index contributed by atoms with van der Waals surface area (Å²) in [5.41, 5.74) is 0. The SMILES string of the molecule is O=C[C@H](O)[C@H](O)COP(=O)(O)O.[Na]. The number of aliphatic hydroxyl groups is 2. The van der Waals surface area contributed by atoms with Crippen molar-refractivity contribution in [2.45, 2.75) is 12.2 Å². The van der Waals surface area contributed by atoms with Crippen LogP contribution in [-0.4, -0.2) is 74.7 Å². The third-order valence-corrected chi connectivity index (χ3v) is 1.43. The Morgan fingerprint density at radius 1 is 1.38 bits per heavy atom. The fourth-order valence-electron chi connectivity index (χ4n) is 0.363. The van der Waals surface area contributed by atoms with Crippen LogP contribution in [0.2, 0.25) is 0 Å². The van der Waals surface area contributed by atoms with Crippen molar-refractivity contribution >= 4 is 43.7 Å². The average molecular weight is 223 g/mol. The van der Waals surface area contributed by atoms with Crippen LogP contribution < -0.4 is 0 Å². The third-order valence-electron chi connectivity index (χ3n) is 0.947. The quantitative estimate of drug-likeness (QED) is 0.233. The fourth-order valence-corrected chi connectivity index (χ4v) is 0.710. The predicted molar refractivity (Wildman–Crippen MR) is 41.8 cm³/mol. The van der Waals surface area contributed by atoms with Gasteiger partial charge in [-0.05, 0) is 0 Å². The normalized spacial score (nSPS) is 15.7. The summed E-state index contributed by atoms with van der Waals surface area (Å²) in [6.07, 6.45) is -3.29. The van der Waals surface area contributed by atoms with Crippen molar-refractivity contribution in [3.8, 4) is 0 Å². The maximum absolute atomic E-state index is 10.0. The van der Waals surface area contributed by atoms with Gasteiger partial charge in [0.25, 0.3) is 0 Å². The van der Waals surface area contributed by atoms with E-state index in [0.717, 1.165) is 0 Å². The molecule has 0 bridgehead atoms. The molecule has 13 heavy (non-hydrogen) atoms. The zero-order valence-corrected chi connectivity index (χ0v) is 9.79. The van der Waals surface area contributed by atoms with Gasteiger partial charge in [-0.1, -0.05) is 0 Å². The Kier molecular flexibility index (Phi) is 8.76. The topological polar surface area (TPSA) is 124 Å². The summed E-state index contributed by atoms with van der Waals surface area (Å²) in [5, 5.41) is 17.3. The van der Waals surface area contributed by atoms with Crippen LogP contribution in [0.25, 0.3) is 0 Å². The van der Waals surface area contributed by atoms with E-state index in [-0.39, 0.29) is 35.8 Å². The van der Waals surface area contributed by atoms with Gasteiger partial charge in [0, 0.05) is 29.6 Å². The number of hydrogen-bond acceptors (Lipinski definition) is 5. The van der Waals surface area contributed by atoms with Gasteiger partial charge in [-0.2, -0.15) is 0 Å². The van der Waals surface area contributed by atoms with Crippen LogP contribution in [0.3, 0.4) is 0 Å². The summed E-state index contributed by atoms with van der Waals surface area (Å²) in [7, 11) is -4.66. The Balaban J connectivity index is 0. The first-order valence-electron chi connectivity index (χ1n) is 2.88. The van der Waals surface area contributed by atoms with Gasteiger partial charge in [0.1, 0.15) is 12.2 Å². The molecule has 0 heterocycles. The van der Waals surface area contributed by atoms with E-state index >= 15 is 0 Å². The summed E-state index contributed by atoms with van der Waals surface area (Å²) in [6, 6.07) is 0. The van der Waals surface area contributed by atoms with Gasteiger partial charge in [-0.25, -0.2) is 4.57 Å². The number of rotatable bonds is 5. The minimum Gasteiger partial charge on any atom is -0.388 e. The molecule has 9 heteroatoms. The first kappa shape index (κ1) is 16.1. The molecule has 0 aliphatic carbocycles. The second kappa shape index (κ2) is 7.05. The number of phosphoric acid groups is 1. The van der Waals surface area contributed by atoms with Crippen molar-refractivity contribution in [3.05, 3.63) is 0 Å². The van der Waals surface area contributed by atoms with E-state index in [9.17, 15) is 9.36 Å². The van der Waals surface area contributed by atoms with E-state index in [4.69, 9.17) is 20.0 Å². The summed E-state index contributed by atoms with van der Waals surface area (Å²) >= 11 is 0. The molecule has 0 spiro atoms. The standard InChI is InChI=1S/C4H9O7P.Na/c5-1-3(6)4(7)2-11-12(8,9)10;/h1,3-4,6-7H,2H2,(H2,8,9,10);/t3-,4+;/m0./s1. The molecular formula is C4H9NaO7P. The van der Waals surface area contributed by atoms with Crippen LogP contribution in [0.5, 0.6) is 0 Å². The number of aldehydes is 1. The molecule has 4 N–H and O–H groups in total. The molecule has 0 unspecified atom stereocenters. The molecule has 7 nitrogen and oxygen atoms in total. The molecule has 0 aliphatic rings. The monoisotopic (exact) mass is 223 g/mol. The molecule has 0 fully saturated rings. The van der Waals surface area contributed by atoms with Crippen LogP contribution in [0.15, 0.2) is 0 Å². The largest absolute Gasteiger partial charge is 0.469 e. The van der Waals surface area contributed by atoms with Crippen molar-refractivity contribution in [3.63, 3.8) is 0 Å². The molecule has 0 aromatic carbocycles. The maximum Gasteiger partial charge on any atom is 0.469 e. The number of hydrogen-bond donors (Lipinski definition) is 4. The van der Waals surface area contributed by atoms with Crippen molar-refractivity contribution in [1.29, 1.82) is 0 Å². The molecule has 0 amide bonds. The molecule has 2 atom stereocenters. The maximum atomic E-state index is 10.0. The second-order valence-electron chi connectivity index (χ2n) is 1.98. The Morgan fingerprint density at radius 3 is 2.15 bits per heavy atom. The molecule has 0 saturated carbocycles. The molecule has 0 aliphatic heterocycles. The third kappa shape index (κ3) is 9.01. The van der Waals surface area contributed by atoms with E-state index in [1.165, 1.54) is 0 Å². The second-order valence-corrected chi connectivity index (χ2v) is 3.22. The van der Waals surface area contributed by atoms with Gasteiger partial charge >= 0.3 is 7.82 Å². The van der Waals surface area contributed by atoms with E-state index < -0.39 is 26.6 Å². The zero-order chi connectivity index (χ0) is 9.78. The van der Waals surface area contributed by atoms with Crippen LogP contribution in [0, 0.1) is 0 Å². The Labute approximate surface area is 96.2 Å².